The van der Waals surface area contributed by atoms with Crippen molar-refractivity contribution < 1.29 is 9.90 Å². The van der Waals surface area contributed by atoms with Crippen molar-refractivity contribution in [3.8, 4) is 0 Å². The number of carboxylic acid groups (broad SMARTS) is 1. The number of hydrogen-bond donors (Lipinski definition) is 1. The monoisotopic (exact) mass is 238 g/mol. The van der Waals surface area contributed by atoms with Crippen LogP contribution in [-0.4, -0.2) is 20.6 Å². The lowest BCUT2D eigenvalue weighted by Crippen LogP contribution is -2.10. The zero-order valence-corrected chi connectivity index (χ0v) is 9.48. The molecule has 0 saturated carbocycles. The number of imidazole rings is 1. The molecule has 0 amide bonds. The summed E-state index contributed by atoms with van der Waals surface area (Å²) < 4.78 is 1.74. The second-order valence-corrected chi connectivity index (χ2v) is 4.02. The van der Waals surface area contributed by atoms with E-state index in [2.05, 4.69) is 4.98 Å². The van der Waals surface area contributed by atoms with Crippen LogP contribution in [0.3, 0.4) is 0 Å². The maximum atomic E-state index is 10.7. The number of aromatic nitrogens is 2. The van der Waals surface area contributed by atoms with Gasteiger partial charge in [-0.25, -0.2) is 4.98 Å². The number of carbonyl (C=O) groups is 1. The van der Waals surface area contributed by atoms with Crippen molar-refractivity contribution in [3.63, 3.8) is 0 Å². The summed E-state index contributed by atoms with van der Waals surface area (Å²) in [7, 11) is 0. The third kappa shape index (κ3) is 1.88. The predicted octanol–water partition coefficient (Wildman–Crippen LogP) is 2.73. The number of rotatable bonds is 3. The lowest BCUT2D eigenvalue weighted by molar-refractivity contribution is -0.137. The Morgan fingerprint density at radius 3 is 2.94 bits per heavy atom. The predicted molar refractivity (Wildman–Crippen MR) is 61.7 cm³/mol. The number of carboxylic acids is 1. The number of hydrogen-bond acceptors (Lipinski definition) is 2. The van der Waals surface area contributed by atoms with Crippen LogP contribution in [0.5, 0.6) is 0 Å². The van der Waals surface area contributed by atoms with E-state index in [-0.39, 0.29) is 12.5 Å². The molecule has 1 aromatic carbocycles. The van der Waals surface area contributed by atoms with Gasteiger partial charge in [-0.3, -0.25) is 4.79 Å². The zero-order chi connectivity index (χ0) is 11.7. The van der Waals surface area contributed by atoms with Crippen LogP contribution in [0.15, 0.2) is 24.3 Å². The standard InChI is InChI=1S/C11H11ClN2O2/c1-7(6-10(15)16)14-9-5-3-2-4-8(9)13-11(14)12/h2-5,7H,6H2,1H3,(H,15,16). The van der Waals surface area contributed by atoms with Crippen molar-refractivity contribution in [2.75, 3.05) is 0 Å². The molecule has 0 radical (unpaired) electrons. The van der Waals surface area contributed by atoms with Gasteiger partial charge in [-0.05, 0) is 30.7 Å². The van der Waals surface area contributed by atoms with Crippen LogP contribution in [0.25, 0.3) is 11.0 Å². The summed E-state index contributed by atoms with van der Waals surface area (Å²) >= 11 is 6.00. The molecule has 0 spiro atoms. The Morgan fingerprint density at radius 1 is 1.56 bits per heavy atom. The van der Waals surface area contributed by atoms with E-state index in [0.717, 1.165) is 11.0 Å². The molecule has 16 heavy (non-hydrogen) atoms. The lowest BCUT2D eigenvalue weighted by Gasteiger charge is -2.12. The van der Waals surface area contributed by atoms with E-state index >= 15 is 0 Å². The average Bonchev–Trinajstić information content (AvgIpc) is 2.52. The Balaban J connectivity index is 2.50. The molecule has 0 aliphatic heterocycles. The fourth-order valence-corrected chi connectivity index (χ4v) is 2.13. The molecular weight excluding hydrogens is 228 g/mol. The minimum Gasteiger partial charge on any atom is -0.481 e. The maximum absolute atomic E-state index is 10.7. The van der Waals surface area contributed by atoms with Crippen molar-refractivity contribution in [1.82, 2.24) is 9.55 Å². The maximum Gasteiger partial charge on any atom is 0.305 e. The van der Waals surface area contributed by atoms with E-state index in [9.17, 15) is 4.79 Å². The van der Waals surface area contributed by atoms with Gasteiger partial charge in [-0.1, -0.05) is 12.1 Å². The van der Waals surface area contributed by atoms with Crippen molar-refractivity contribution in [3.05, 3.63) is 29.5 Å². The first kappa shape index (κ1) is 11.0. The topological polar surface area (TPSA) is 55.1 Å². The van der Waals surface area contributed by atoms with Gasteiger partial charge >= 0.3 is 5.97 Å². The highest BCUT2D eigenvalue weighted by molar-refractivity contribution is 6.29. The molecule has 0 fully saturated rings. The Kier molecular flexibility index (Phi) is 2.83. The summed E-state index contributed by atoms with van der Waals surface area (Å²) in [5.74, 6) is -0.846. The molecule has 1 heterocycles. The minimum atomic E-state index is -0.846. The first-order chi connectivity index (χ1) is 7.59. The lowest BCUT2D eigenvalue weighted by atomic mass is 10.2. The molecule has 0 aliphatic carbocycles. The first-order valence-electron chi connectivity index (χ1n) is 4.94. The fourth-order valence-electron chi connectivity index (χ4n) is 1.78. The summed E-state index contributed by atoms with van der Waals surface area (Å²) in [6, 6.07) is 7.28. The number of aliphatic carboxylic acids is 1. The third-order valence-electron chi connectivity index (χ3n) is 2.46. The molecule has 0 saturated heterocycles. The van der Waals surface area contributed by atoms with Crippen molar-refractivity contribution in [2.45, 2.75) is 19.4 Å². The van der Waals surface area contributed by atoms with Crippen LogP contribution < -0.4 is 0 Å². The van der Waals surface area contributed by atoms with Crippen LogP contribution in [0.1, 0.15) is 19.4 Å². The van der Waals surface area contributed by atoms with E-state index in [4.69, 9.17) is 16.7 Å². The smallest absolute Gasteiger partial charge is 0.305 e. The number of benzene rings is 1. The van der Waals surface area contributed by atoms with Crippen molar-refractivity contribution in [1.29, 1.82) is 0 Å². The van der Waals surface area contributed by atoms with Crippen LogP contribution in [-0.2, 0) is 4.79 Å². The second kappa shape index (κ2) is 4.14. The van der Waals surface area contributed by atoms with E-state index in [1.165, 1.54) is 0 Å². The Hall–Kier alpha value is -1.55. The number of halogens is 1. The van der Waals surface area contributed by atoms with E-state index in [0.29, 0.717) is 5.28 Å². The van der Waals surface area contributed by atoms with Gasteiger partial charge in [0.15, 0.2) is 0 Å². The molecule has 5 heteroatoms. The van der Waals surface area contributed by atoms with Crippen molar-refractivity contribution in [2.24, 2.45) is 0 Å². The van der Waals surface area contributed by atoms with Crippen LogP contribution in [0.4, 0.5) is 0 Å². The third-order valence-corrected chi connectivity index (χ3v) is 2.73. The largest absolute Gasteiger partial charge is 0.481 e. The molecule has 1 atom stereocenters. The molecule has 0 aliphatic rings. The summed E-state index contributed by atoms with van der Waals surface area (Å²) in [5, 5.41) is 9.10. The van der Waals surface area contributed by atoms with Crippen molar-refractivity contribution >= 4 is 28.6 Å². The molecule has 1 N–H and O–H groups in total. The Morgan fingerprint density at radius 2 is 2.25 bits per heavy atom. The van der Waals surface area contributed by atoms with Gasteiger partial charge in [-0.2, -0.15) is 0 Å². The van der Waals surface area contributed by atoms with Crippen LogP contribution in [0.2, 0.25) is 5.28 Å². The second-order valence-electron chi connectivity index (χ2n) is 3.69. The molecule has 84 valence electrons. The molecule has 1 aromatic heterocycles. The van der Waals surface area contributed by atoms with E-state index < -0.39 is 5.97 Å². The van der Waals surface area contributed by atoms with Gasteiger partial charge in [0.1, 0.15) is 0 Å². The number of fused-ring (bicyclic) bond motifs is 1. The van der Waals surface area contributed by atoms with Gasteiger partial charge in [0.05, 0.1) is 17.5 Å². The zero-order valence-electron chi connectivity index (χ0n) is 8.72. The SMILES string of the molecule is CC(CC(=O)O)n1c(Cl)nc2ccccc21. The van der Waals surface area contributed by atoms with E-state index in [1.807, 2.05) is 31.2 Å². The molecule has 2 aromatic rings. The van der Waals surface area contributed by atoms with Gasteiger partial charge in [-0.15, -0.1) is 0 Å². The number of nitrogens with zero attached hydrogens (tertiary/aromatic N) is 2. The minimum absolute atomic E-state index is 0.0279. The quantitative estimate of drug-likeness (QED) is 0.895. The summed E-state index contributed by atoms with van der Waals surface area (Å²) in [5.41, 5.74) is 1.64. The summed E-state index contributed by atoms with van der Waals surface area (Å²) in [6.07, 6.45) is 0.0279. The van der Waals surface area contributed by atoms with Crippen LogP contribution in [0, 0.1) is 0 Å². The molecular formula is C11H11ClN2O2. The Bertz CT molecular complexity index is 536. The summed E-state index contributed by atoms with van der Waals surface area (Å²) in [4.78, 5) is 14.9. The molecule has 2 rings (SSSR count). The summed E-state index contributed by atoms with van der Waals surface area (Å²) in [6.45, 7) is 1.81. The number of para-hydroxylation sites is 2. The van der Waals surface area contributed by atoms with Gasteiger partial charge in [0.2, 0.25) is 5.28 Å². The highest BCUT2D eigenvalue weighted by Gasteiger charge is 2.16. The highest BCUT2D eigenvalue weighted by Crippen LogP contribution is 2.25. The van der Waals surface area contributed by atoms with Crippen LogP contribution >= 0.6 is 11.6 Å². The average molecular weight is 239 g/mol. The van der Waals surface area contributed by atoms with Gasteiger partial charge in [0.25, 0.3) is 0 Å². The molecule has 4 nitrogen and oxygen atoms in total. The fraction of sp³-hybridized carbons (Fsp3) is 0.273. The van der Waals surface area contributed by atoms with Gasteiger partial charge < -0.3 is 9.67 Å². The van der Waals surface area contributed by atoms with Gasteiger partial charge in [0, 0.05) is 6.04 Å². The molecule has 1 unspecified atom stereocenters. The first-order valence-corrected chi connectivity index (χ1v) is 5.31. The highest BCUT2D eigenvalue weighted by atomic mass is 35.5. The Labute approximate surface area is 97.5 Å². The molecule has 0 bridgehead atoms. The van der Waals surface area contributed by atoms with E-state index in [1.54, 1.807) is 4.57 Å². The normalized spacial score (nSPS) is 12.9.